The molecule has 0 aromatic heterocycles. The highest BCUT2D eigenvalue weighted by Gasteiger charge is 2.33. The molecule has 0 saturated carbocycles. The van der Waals surface area contributed by atoms with E-state index in [0.717, 1.165) is 0 Å². The number of hydrogen-bond donors (Lipinski definition) is 0. The fourth-order valence-electron chi connectivity index (χ4n) is 1.55. The average Bonchev–Trinajstić information content (AvgIpc) is 2.23. The van der Waals surface area contributed by atoms with Gasteiger partial charge in [-0.05, 0) is 6.92 Å². The van der Waals surface area contributed by atoms with Crippen molar-refractivity contribution in [3.05, 3.63) is 0 Å². The van der Waals surface area contributed by atoms with Crippen molar-refractivity contribution in [2.24, 2.45) is 0 Å². The Morgan fingerprint density at radius 2 is 1.42 bits per heavy atom. The van der Waals surface area contributed by atoms with Crippen molar-refractivity contribution < 1.29 is 33.4 Å². The van der Waals surface area contributed by atoms with Crippen molar-refractivity contribution in [1.82, 2.24) is 0 Å². The Hall–Kier alpha value is -1.92. The van der Waals surface area contributed by atoms with Crippen LogP contribution in [0.15, 0.2) is 0 Å². The molecule has 0 aliphatic heterocycles. The summed E-state index contributed by atoms with van der Waals surface area (Å²) in [6.45, 7) is 5.01. The van der Waals surface area contributed by atoms with E-state index < -0.39 is 36.2 Å². The molecule has 0 N–H and O–H groups in total. The first-order valence-electron chi connectivity index (χ1n) is 5.73. The quantitative estimate of drug-likeness (QED) is 0.376. The van der Waals surface area contributed by atoms with Gasteiger partial charge in [-0.2, -0.15) is 0 Å². The Bertz CT molecular complexity index is 350. The molecule has 0 rings (SSSR count). The lowest BCUT2D eigenvalue weighted by Gasteiger charge is -2.29. The van der Waals surface area contributed by atoms with E-state index in [4.69, 9.17) is 14.2 Å². The largest absolute Gasteiger partial charge is 0.459 e. The molecule has 0 aliphatic rings. The molecule has 0 spiro atoms. The molecule has 19 heavy (non-hydrogen) atoms. The van der Waals surface area contributed by atoms with Crippen molar-refractivity contribution in [2.75, 3.05) is 0 Å². The van der Waals surface area contributed by atoms with E-state index in [0.29, 0.717) is 6.29 Å². The van der Waals surface area contributed by atoms with Gasteiger partial charge in [-0.25, -0.2) is 0 Å². The predicted octanol–water partition coefficient (Wildman–Crippen LogP) is 0.390. The summed E-state index contributed by atoms with van der Waals surface area (Å²) >= 11 is 0. The molecule has 108 valence electrons. The van der Waals surface area contributed by atoms with Crippen LogP contribution in [0.1, 0.15) is 34.1 Å². The van der Waals surface area contributed by atoms with Crippen LogP contribution in [-0.4, -0.2) is 42.5 Å². The summed E-state index contributed by atoms with van der Waals surface area (Å²) in [7, 11) is 0. The number of ether oxygens (including phenoxy) is 3. The molecule has 0 fully saturated rings. The number of rotatable bonds is 7. The first-order valence-corrected chi connectivity index (χ1v) is 5.73. The van der Waals surface area contributed by atoms with Gasteiger partial charge in [-0.1, -0.05) is 0 Å². The van der Waals surface area contributed by atoms with Gasteiger partial charge in [0.05, 0.1) is 0 Å². The summed E-state index contributed by atoms with van der Waals surface area (Å²) in [5.74, 6) is -1.83. The molecule has 7 heteroatoms. The van der Waals surface area contributed by atoms with Crippen LogP contribution < -0.4 is 0 Å². The molecule has 0 aliphatic carbocycles. The number of hydrogen-bond acceptors (Lipinski definition) is 7. The smallest absolute Gasteiger partial charge is 0.303 e. The third kappa shape index (κ3) is 7.17. The third-order valence-electron chi connectivity index (χ3n) is 2.13. The molecular weight excluding hydrogens is 256 g/mol. The molecule has 0 bridgehead atoms. The average molecular weight is 274 g/mol. The van der Waals surface area contributed by atoms with Crippen molar-refractivity contribution in [3.63, 3.8) is 0 Å². The molecule has 0 amide bonds. The van der Waals surface area contributed by atoms with E-state index in [-0.39, 0.29) is 6.42 Å². The second kappa shape index (κ2) is 8.23. The van der Waals surface area contributed by atoms with Gasteiger partial charge in [0.25, 0.3) is 0 Å². The van der Waals surface area contributed by atoms with Crippen molar-refractivity contribution in [1.29, 1.82) is 0 Å². The standard InChI is InChI=1S/C12H18O7/c1-7(17-8(2)14)12(19-10(4)16)11(5-6-13)18-9(3)15/h6-7,11-12H,5H2,1-4H3/t7-,11-,12+/m1/s1. The minimum Gasteiger partial charge on any atom is -0.459 e. The van der Waals surface area contributed by atoms with E-state index in [1.165, 1.54) is 27.7 Å². The Morgan fingerprint density at radius 1 is 0.947 bits per heavy atom. The number of carbonyl (C=O) groups is 4. The summed E-state index contributed by atoms with van der Waals surface area (Å²) in [4.78, 5) is 43.5. The molecule has 0 aromatic carbocycles. The molecule has 0 heterocycles. The first kappa shape index (κ1) is 17.1. The minimum absolute atomic E-state index is 0.164. The zero-order valence-corrected chi connectivity index (χ0v) is 11.4. The van der Waals surface area contributed by atoms with Gasteiger partial charge in [0.2, 0.25) is 0 Å². The maximum atomic E-state index is 11.0. The number of esters is 3. The molecule has 0 unspecified atom stereocenters. The molecule has 0 aromatic rings. The molecular formula is C12H18O7. The first-order chi connectivity index (χ1) is 8.77. The van der Waals surface area contributed by atoms with E-state index >= 15 is 0 Å². The van der Waals surface area contributed by atoms with Crippen LogP contribution in [0, 0.1) is 0 Å². The SMILES string of the molecule is CC(=O)O[C@@H]([C@@H](C)OC(C)=O)[C@@H](CC=O)OC(C)=O. The van der Waals surface area contributed by atoms with Gasteiger partial charge < -0.3 is 19.0 Å². The topological polar surface area (TPSA) is 96.0 Å². The summed E-state index contributed by atoms with van der Waals surface area (Å²) in [5, 5.41) is 0. The fraction of sp³-hybridized carbons (Fsp3) is 0.667. The van der Waals surface area contributed by atoms with E-state index in [2.05, 4.69) is 0 Å². The second-order valence-electron chi connectivity index (χ2n) is 3.94. The molecule has 3 atom stereocenters. The summed E-state index contributed by atoms with van der Waals surface area (Å²) in [6, 6.07) is 0. The molecule has 0 saturated heterocycles. The summed E-state index contributed by atoms with van der Waals surface area (Å²) in [6.07, 6.45) is -2.50. The summed E-state index contributed by atoms with van der Waals surface area (Å²) < 4.78 is 14.8. The van der Waals surface area contributed by atoms with Crippen molar-refractivity contribution in [3.8, 4) is 0 Å². The van der Waals surface area contributed by atoms with Crippen LogP contribution in [0.4, 0.5) is 0 Å². The monoisotopic (exact) mass is 274 g/mol. The number of carbonyl (C=O) groups excluding carboxylic acids is 4. The Kier molecular flexibility index (Phi) is 7.40. The van der Waals surface area contributed by atoms with Crippen LogP contribution in [0.3, 0.4) is 0 Å². The van der Waals surface area contributed by atoms with Gasteiger partial charge in [-0.15, -0.1) is 0 Å². The Labute approximate surface area is 111 Å². The van der Waals surface area contributed by atoms with E-state index in [1.54, 1.807) is 0 Å². The van der Waals surface area contributed by atoms with Crippen LogP contribution in [-0.2, 0) is 33.4 Å². The normalized spacial score (nSPS) is 14.7. The lowest BCUT2D eigenvalue weighted by atomic mass is 10.1. The summed E-state index contributed by atoms with van der Waals surface area (Å²) in [5.41, 5.74) is 0. The zero-order valence-electron chi connectivity index (χ0n) is 11.4. The van der Waals surface area contributed by atoms with Crippen molar-refractivity contribution >= 4 is 24.2 Å². The molecule has 0 radical (unpaired) electrons. The zero-order chi connectivity index (χ0) is 15.0. The van der Waals surface area contributed by atoms with Crippen LogP contribution in [0.5, 0.6) is 0 Å². The van der Waals surface area contributed by atoms with Gasteiger partial charge in [0.1, 0.15) is 18.5 Å². The highest BCUT2D eigenvalue weighted by molar-refractivity contribution is 5.68. The maximum absolute atomic E-state index is 11.0. The second-order valence-corrected chi connectivity index (χ2v) is 3.94. The minimum atomic E-state index is -1.03. The Balaban J connectivity index is 5.02. The fourth-order valence-corrected chi connectivity index (χ4v) is 1.55. The number of aldehydes is 1. The molecule has 7 nitrogen and oxygen atoms in total. The lowest BCUT2D eigenvalue weighted by Crippen LogP contribution is -2.43. The van der Waals surface area contributed by atoms with Crippen LogP contribution in [0.2, 0.25) is 0 Å². The van der Waals surface area contributed by atoms with Crippen LogP contribution >= 0.6 is 0 Å². The van der Waals surface area contributed by atoms with Gasteiger partial charge in [0.15, 0.2) is 6.10 Å². The highest BCUT2D eigenvalue weighted by atomic mass is 16.6. The van der Waals surface area contributed by atoms with Crippen molar-refractivity contribution in [2.45, 2.75) is 52.4 Å². The van der Waals surface area contributed by atoms with E-state index in [1.807, 2.05) is 0 Å². The highest BCUT2D eigenvalue weighted by Crippen LogP contribution is 2.15. The van der Waals surface area contributed by atoms with Crippen LogP contribution in [0.25, 0.3) is 0 Å². The van der Waals surface area contributed by atoms with E-state index in [9.17, 15) is 19.2 Å². The Morgan fingerprint density at radius 3 is 1.79 bits per heavy atom. The van der Waals surface area contributed by atoms with Gasteiger partial charge in [-0.3, -0.25) is 14.4 Å². The predicted molar refractivity (Wildman–Crippen MR) is 63.0 cm³/mol. The van der Waals surface area contributed by atoms with Gasteiger partial charge in [0, 0.05) is 27.2 Å². The van der Waals surface area contributed by atoms with Gasteiger partial charge >= 0.3 is 17.9 Å². The maximum Gasteiger partial charge on any atom is 0.303 e. The third-order valence-corrected chi connectivity index (χ3v) is 2.13. The lowest BCUT2D eigenvalue weighted by molar-refractivity contribution is -0.181.